The van der Waals surface area contributed by atoms with Crippen molar-refractivity contribution >= 4 is 5.78 Å². The van der Waals surface area contributed by atoms with Gasteiger partial charge in [0.2, 0.25) is 0 Å². The molecule has 0 aromatic heterocycles. The van der Waals surface area contributed by atoms with Crippen molar-refractivity contribution in [3.05, 3.63) is 35.4 Å². The topological polar surface area (TPSA) is 26.3 Å². The van der Waals surface area contributed by atoms with Crippen molar-refractivity contribution in [2.24, 2.45) is 0 Å². The Labute approximate surface area is 116 Å². The molecule has 0 saturated carbocycles. The van der Waals surface area contributed by atoms with E-state index in [-0.39, 0.29) is 6.10 Å². The van der Waals surface area contributed by atoms with E-state index in [1.54, 1.807) is 0 Å². The van der Waals surface area contributed by atoms with Crippen LogP contribution in [0.4, 0.5) is 0 Å². The molecule has 19 heavy (non-hydrogen) atoms. The van der Waals surface area contributed by atoms with Gasteiger partial charge in [0, 0.05) is 19.4 Å². The Bertz CT molecular complexity index is 400. The van der Waals surface area contributed by atoms with Gasteiger partial charge >= 0.3 is 0 Å². The van der Waals surface area contributed by atoms with Gasteiger partial charge in [-0.3, -0.25) is 4.79 Å². The molecule has 2 nitrogen and oxygen atoms in total. The van der Waals surface area contributed by atoms with Gasteiger partial charge in [0.1, 0.15) is 5.78 Å². The minimum atomic E-state index is 0.163. The molecular weight excluding hydrogens is 236 g/mol. The molecule has 0 spiro atoms. The number of Topliss-reactive ketones (excluding diaryl/α,β-unsaturated/α-hetero) is 1. The van der Waals surface area contributed by atoms with Gasteiger partial charge in [0.05, 0.1) is 6.10 Å². The van der Waals surface area contributed by atoms with Gasteiger partial charge in [-0.15, -0.1) is 0 Å². The Morgan fingerprint density at radius 3 is 2.58 bits per heavy atom. The quantitative estimate of drug-likeness (QED) is 0.803. The van der Waals surface area contributed by atoms with Crippen LogP contribution in [0.3, 0.4) is 0 Å². The maximum atomic E-state index is 12.0. The second-order valence-corrected chi connectivity index (χ2v) is 5.80. The number of benzene rings is 1. The predicted octanol–water partition coefficient (Wildman–Crippen LogP) is 3.88. The summed E-state index contributed by atoms with van der Waals surface area (Å²) in [5, 5.41) is 0. The number of hydrogen-bond donors (Lipinski definition) is 0. The Kier molecular flexibility index (Phi) is 5.15. The smallest absolute Gasteiger partial charge is 0.139 e. The third-order valence-corrected chi connectivity index (χ3v) is 3.78. The SMILES string of the molecule is CC(C)c1ccc(CC(=O)CC2CCCCO2)cc1. The highest BCUT2D eigenvalue weighted by Crippen LogP contribution is 2.18. The molecular formula is C17H24O2. The second kappa shape index (κ2) is 6.85. The first-order valence-corrected chi connectivity index (χ1v) is 7.37. The molecule has 0 aliphatic carbocycles. The van der Waals surface area contributed by atoms with Crippen LogP contribution < -0.4 is 0 Å². The van der Waals surface area contributed by atoms with E-state index in [1.165, 1.54) is 12.0 Å². The Morgan fingerprint density at radius 1 is 1.26 bits per heavy atom. The number of ether oxygens (including phenoxy) is 1. The summed E-state index contributed by atoms with van der Waals surface area (Å²) in [6.07, 6.45) is 4.65. The van der Waals surface area contributed by atoms with Gasteiger partial charge in [-0.25, -0.2) is 0 Å². The molecule has 1 unspecified atom stereocenters. The average molecular weight is 260 g/mol. The molecule has 0 bridgehead atoms. The molecule has 1 heterocycles. The monoisotopic (exact) mass is 260 g/mol. The zero-order chi connectivity index (χ0) is 13.7. The number of rotatable bonds is 5. The number of hydrogen-bond acceptors (Lipinski definition) is 2. The van der Waals surface area contributed by atoms with Crippen LogP contribution in [-0.2, 0) is 16.0 Å². The molecule has 1 aromatic carbocycles. The molecule has 2 rings (SSSR count). The van der Waals surface area contributed by atoms with E-state index in [0.717, 1.165) is 25.0 Å². The van der Waals surface area contributed by atoms with E-state index in [1.807, 2.05) is 0 Å². The highest BCUT2D eigenvalue weighted by Gasteiger charge is 2.17. The van der Waals surface area contributed by atoms with Gasteiger partial charge in [0.15, 0.2) is 0 Å². The summed E-state index contributed by atoms with van der Waals surface area (Å²) in [5.41, 5.74) is 2.44. The Balaban J connectivity index is 1.84. The molecule has 1 aliphatic rings. The van der Waals surface area contributed by atoms with Crippen LogP contribution in [0.5, 0.6) is 0 Å². The van der Waals surface area contributed by atoms with Crippen LogP contribution in [-0.4, -0.2) is 18.5 Å². The van der Waals surface area contributed by atoms with E-state index in [4.69, 9.17) is 4.74 Å². The molecule has 1 atom stereocenters. The van der Waals surface area contributed by atoms with Crippen LogP contribution >= 0.6 is 0 Å². The molecule has 1 aromatic rings. The normalized spacial score (nSPS) is 19.6. The van der Waals surface area contributed by atoms with Crippen molar-refractivity contribution in [1.29, 1.82) is 0 Å². The molecule has 0 amide bonds. The third-order valence-electron chi connectivity index (χ3n) is 3.78. The van der Waals surface area contributed by atoms with E-state index in [2.05, 4.69) is 38.1 Å². The summed E-state index contributed by atoms with van der Waals surface area (Å²) in [5.74, 6) is 0.838. The standard InChI is InChI=1S/C17H24O2/c1-13(2)15-8-6-14(7-9-15)11-16(18)12-17-5-3-4-10-19-17/h6-9,13,17H,3-5,10-12H2,1-2H3. The Hall–Kier alpha value is -1.15. The molecule has 2 heteroatoms. The largest absolute Gasteiger partial charge is 0.378 e. The van der Waals surface area contributed by atoms with Crippen molar-refractivity contribution in [3.63, 3.8) is 0 Å². The fourth-order valence-corrected chi connectivity index (χ4v) is 2.54. The summed E-state index contributed by atoms with van der Waals surface area (Å²) in [4.78, 5) is 12.0. The average Bonchev–Trinajstić information content (AvgIpc) is 2.40. The molecule has 1 aliphatic heterocycles. The zero-order valence-electron chi connectivity index (χ0n) is 12.0. The van der Waals surface area contributed by atoms with Crippen LogP contribution in [0.25, 0.3) is 0 Å². The molecule has 104 valence electrons. The highest BCUT2D eigenvalue weighted by molar-refractivity contribution is 5.81. The van der Waals surface area contributed by atoms with Gasteiger partial charge in [-0.1, -0.05) is 38.1 Å². The van der Waals surface area contributed by atoms with E-state index < -0.39 is 0 Å². The summed E-state index contributed by atoms with van der Waals surface area (Å²) < 4.78 is 5.62. The molecule has 0 radical (unpaired) electrons. The molecule has 1 saturated heterocycles. The van der Waals surface area contributed by atoms with Crippen molar-refractivity contribution in [1.82, 2.24) is 0 Å². The first-order chi connectivity index (χ1) is 9.15. The van der Waals surface area contributed by atoms with Crippen LogP contribution in [0, 0.1) is 0 Å². The lowest BCUT2D eigenvalue weighted by Crippen LogP contribution is -2.23. The van der Waals surface area contributed by atoms with E-state index >= 15 is 0 Å². The predicted molar refractivity (Wildman–Crippen MR) is 77.5 cm³/mol. The fourth-order valence-electron chi connectivity index (χ4n) is 2.54. The summed E-state index contributed by atoms with van der Waals surface area (Å²) >= 11 is 0. The summed E-state index contributed by atoms with van der Waals surface area (Å²) in [6, 6.07) is 8.42. The third kappa shape index (κ3) is 4.46. The minimum Gasteiger partial charge on any atom is -0.378 e. The fraction of sp³-hybridized carbons (Fsp3) is 0.588. The van der Waals surface area contributed by atoms with Crippen molar-refractivity contribution < 1.29 is 9.53 Å². The first kappa shape index (κ1) is 14.3. The van der Waals surface area contributed by atoms with Crippen molar-refractivity contribution in [2.45, 2.75) is 58.0 Å². The minimum absolute atomic E-state index is 0.163. The molecule has 0 N–H and O–H groups in total. The van der Waals surface area contributed by atoms with Crippen LogP contribution in [0.2, 0.25) is 0 Å². The lowest BCUT2D eigenvalue weighted by Gasteiger charge is -2.21. The second-order valence-electron chi connectivity index (χ2n) is 5.80. The first-order valence-electron chi connectivity index (χ1n) is 7.37. The van der Waals surface area contributed by atoms with Crippen LogP contribution in [0.15, 0.2) is 24.3 Å². The van der Waals surface area contributed by atoms with Gasteiger partial charge in [-0.05, 0) is 36.3 Å². The van der Waals surface area contributed by atoms with Crippen LogP contribution in [0.1, 0.15) is 56.6 Å². The maximum absolute atomic E-state index is 12.0. The molecule has 1 fully saturated rings. The van der Waals surface area contributed by atoms with Gasteiger partial charge < -0.3 is 4.74 Å². The van der Waals surface area contributed by atoms with Crippen molar-refractivity contribution in [2.75, 3.05) is 6.61 Å². The van der Waals surface area contributed by atoms with Gasteiger partial charge in [-0.2, -0.15) is 0 Å². The lowest BCUT2D eigenvalue weighted by molar-refractivity contribution is -0.122. The maximum Gasteiger partial charge on any atom is 0.139 e. The highest BCUT2D eigenvalue weighted by atomic mass is 16.5. The van der Waals surface area contributed by atoms with E-state index in [9.17, 15) is 4.79 Å². The summed E-state index contributed by atoms with van der Waals surface area (Å²) in [6.45, 7) is 5.18. The zero-order valence-corrected chi connectivity index (χ0v) is 12.0. The number of carbonyl (C=O) groups is 1. The van der Waals surface area contributed by atoms with E-state index in [0.29, 0.717) is 24.5 Å². The van der Waals surface area contributed by atoms with Crippen molar-refractivity contribution in [3.8, 4) is 0 Å². The number of ketones is 1. The lowest BCUT2D eigenvalue weighted by atomic mass is 9.97. The Morgan fingerprint density at radius 2 is 2.00 bits per heavy atom. The van der Waals surface area contributed by atoms with Gasteiger partial charge in [0.25, 0.3) is 0 Å². The summed E-state index contributed by atoms with van der Waals surface area (Å²) in [7, 11) is 0. The number of carbonyl (C=O) groups excluding carboxylic acids is 1.